The standard InChI is InChI=1S/C12H13NO3S/c1-3-17(14,15)16-11-6-4-5-10-7-9(2)8-13-12(10)11/h4-8H,3H2,1-2H3. The fourth-order valence-electron chi connectivity index (χ4n) is 1.51. The van der Waals surface area contributed by atoms with E-state index in [-0.39, 0.29) is 11.5 Å². The number of rotatable bonds is 3. The van der Waals surface area contributed by atoms with Crippen LogP contribution in [0.5, 0.6) is 5.75 Å². The van der Waals surface area contributed by atoms with Crippen LogP contribution in [0.1, 0.15) is 12.5 Å². The van der Waals surface area contributed by atoms with Gasteiger partial charge in [0.15, 0.2) is 5.75 Å². The van der Waals surface area contributed by atoms with Crippen molar-refractivity contribution >= 4 is 21.0 Å². The molecule has 1 aromatic heterocycles. The minimum Gasteiger partial charge on any atom is -0.380 e. The molecule has 0 spiro atoms. The van der Waals surface area contributed by atoms with Crippen molar-refractivity contribution in [1.29, 1.82) is 0 Å². The van der Waals surface area contributed by atoms with Crippen molar-refractivity contribution in [2.45, 2.75) is 13.8 Å². The first-order valence-corrected chi connectivity index (χ1v) is 6.87. The van der Waals surface area contributed by atoms with Crippen molar-refractivity contribution in [3.8, 4) is 5.75 Å². The van der Waals surface area contributed by atoms with Gasteiger partial charge < -0.3 is 4.18 Å². The first-order valence-electron chi connectivity index (χ1n) is 5.29. The summed E-state index contributed by atoms with van der Waals surface area (Å²) in [4.78, 5) is 4.21. The van der Waals surface area contributed by atoms with Crippen molar-refractivity contribution in [3.63, 3.8) is 0 Å². The average Bonchev–Trinajstić information content (AvgIpc) is 2.28. The third-order valence-corrected chi connectivity index (χ3v) is 3.52. The molecule has 4 nitrogen and oxygen atoms in total. The summed E-state index contributed by atoms with van der Waals surface area (Å²) >= 11 is 0. The molecule has 0 aliphatic carbocycles. The molecule has 0 aliphatic rings. The molecule has 0 atom stereocenters. The number of hydrogen-bond acceptors (Lipinski definition) is 4. The summed E-state index contributed by atoms with van der Waals surface area (Å²) in [6, 6.07) is 7.18. The SMILES string of the molecule is CCS(=O)(=O)Oc1cccc2cc(C)cnc12. The van der Waals surface area contributed by atoms with Crippen LogP contribution < -0.4 is 4.18 Å². The fourth-order valence-corrected chi connectivity index (χ4v) is 2.03. The number of hydrogen-bond donors (Lipinski definition) is 0. The molecule has 0 saturated heterocycles. The summed E-state index contributed by atoms with van der Waals surface area (Å²) in [5.41, 5.74) is 1.59. The molecule has 0 N–H and O–H groups in total. The third kappa shape index (κ3) is 2.55. The van der Waals surface area contributed by atoms with Crippen LogP contribution in [0.3, 0.4) is 0 Å². The van der Waals surface area contributed by atoms with Crippen LogP contribution in [0.2, 0.25) is 0 Å². The lowest BCUT2D eigenvalue weighted by Gasteiger charge is -2.07. The van der Waals surface area contributed by atoms with Crippen LogP contribution in [0.25, 0.3) is 10.9 Å². The van der Waals surface area contributed by atoms with E-state index < -0.39 is 10.1 Å². The lowest BCUT2D eigenvalue weighted by atomic mass is 10.2. The molecule has 2 aromatic rings. The Morgan fingerprint density at radius 1 is 1.35 bits per heavy atom. The van der Waals surface area contributed by atoms with E-state index in [4.69, 9.17) is 4.18 Å². The maximum absolute atomic E-state index is 11.4. The highest BCUT2D eigenvalue weighted by atomic mass is 32.2. The average molecular weight is 251 g/mol. The Labute approximate surface area is 100 Å². The maximum Gasteiger partial charge on any atom is 0.308 e. The molecule has 17 heavy (non-hydrogen) atoms. The topological polar surface area (TPSA) is 56.3 Å². The molecule has 2 rings (SSSR count). The minimum absolute atomic E-state index is 0.0603. The van der Waals surface area contributed by atoms with Gasteiger partial charge in [0.25, 0.3) is 0 Å². The van der Waals surface area contributed by atoms with Crippen LogP contribution in [-0.4, -0.2) is 19.2 Å². The fraction of sp³-hybridized carbons (Fsp3) is 0.250. The molecule has 1 heterocycles. The van der Waals surface area contributed by atoms with E-state index in [9.17, 15) is 8.42 Å². The zero-order valence-electron chi connectivity index (χ0n) is 9.67. The number of para-hydroxylation sites is 1. The van der Waals surface area contributed by atoms with Gasteiger partial charge in [0.2, 0.25) is 0 Å². The smallest absolute Gasteiger partial charge is 0.308 e. The Morgan fingerprint density at radius 2 is 2.12 bits per heavy atom. The van der Waals surface area contributed by atoms with Crippen LogP contribution in [0, 0.1) is 6.92 Å². The van der Waals surface area contributed by atoms with E-state index in [0.29, 0.717) is 5.52 Å². The van der Waals surface area contributed by atoms with Crippen molar-refractivity contribution in [1.82, 2.24) is 4.98 Å². The van der Waals surface area contributed by atoms with E-state index in [1.165, 1.54) is 6.92 Å². The molecule has 0 radical (unpaired) electrons. The van der Waals surface area contributed by atoms with Crippen molar-refractivity contribution < 1.29 is 12.6 Å². The van der Waals surface area contributed by atoms with Gasteiger partial charge in [-0.2, -0.15) is 8.42 Å². The third-order valence-electron chi connectivity index (χ3n) is 2.38. The second kappa shape index (κ2) is 4.33. The number of fused-ring (bicyclic) bond motifs is 1. The van der Waals surface area contributed by atoms with Gasteiger partial charge in [-0.25, -0.2) is 0 Å². The molecular formula is C12H13NO3S. The second-order valence-corrected chi connectivity index (χ2v) is 5.63. The van der Waals surface area contributed by atoms with Crippen molar-refractivity contribution in [2.75, 3.05) is 5.75 Å². The number of pyridine rings is 1. The highest BCUT2D eigenvalue weighted by molar-refractivity contribution is 7.87. The van der Waals surface area contributed by atoms with Gasteiger partial charge in [-0.05, 0) is 31.5 Å². The van der Waals surface area contributed by atoms with Gasteiger partial charge >= 0.3 is 10.1 Å². The van der Waals surface area contributed by atoms with Crippen LogP contribution >= 0.6 is 0 Å². The molecule has 0 unspecified atom stereocenters. The Hall–Kier alpha value is -1.62. The van der Waals surface area contributed by atoms with Crippen molar-refractivity contribution in [2.24, 2.45) is 0 Å². The van der Waals surface area contributed by atoms with Gasteiger partial charge in [-0.3, -0.25) is 4.98 Å². The summed E-state index contributed by atoms with van der Waals surface area (Å²) in [6.07, 6.45) is 1.69. The van der Waals surface area contributed by atoms with Gasteiger partial charge in [0.05, 0.1) is 5.75 Å². The summed E-state index contributed by atoms with van der Waals surface area (Å²) < 4.78 is 27.9. The molecule has 0 bridgehead atoms. The summed E-state index contributed by atoms with van der Waals surface area (Å²) in [5.74, 6) is 0.222. The number of aryl methyl sites for hydroxylation is 1. The maximum atomic E-state index is 11.4. The zero-order valence-corrected chi connectivity index (χ0v) is 10.5. The van der Waals surface area contributed by atoms with Gasteiger partial charge in [-0.15, -0.1) is 0 Å². The monoisotopic (exact) mass is 251 g/mol. The lowest BCUT2D eigenvalue weighted by Crippen LogP contribution is -2.11. The van der Waals surface area contributed by atoms with Crippen LogP contribution in [0.15, 0.2) is 30.5 Å². The highest BCUT2D eigenvalue weighted by Crippen LogP contribution is 2.25. The van der Waals surface area contributed by atoms with Gasteiger partial charge in [0, 0.05) is 11.6 Å². The summed E-state index contributed by atoms with van der Waals surface area (Å²) in [6.45, 7) is 3.47. The van der Waals surface area contributed by atoms with Crippen molar-refractivity contribution in [3.05, 3.63) is 36.0 Å². The zero-order chi connectivity index (χ0) is 12.5. The highest BCUT2D eigenvalue weighted by Gasteiger charge is 2.12. The van der Waals surface area contributed by atoms with E-state index >= 15 is 0 Å². The molecule has 1 aromatic carbocycles. The summed E-state index contributed by atoms with van der Waals surface area (Å²) in [7, 11) is -3.51. The lowest BCUT2D eigenvalue weighted by molar-refractivity contribution is 0.489. The number of nitrogens with zero attached hydrogens (tertiary/aromatic N) is 1. The minimum atomic E-state index is -3.51. The summed E-state index contributed by atoms with van der Waals surface area (Å²) in [5, 5.41) is 0.869. The predicted molar refractivity (Wildman–Crippen MR) is 66.6 cm³/mol. The number of benzene rings is 1. The molecule has 0 amide bonds. The van der Waals surface area contributed by atoms with Crippen LogP contribution in [-0.2, 0) is 10.1 Å². The Kier molecular flexibility index (Phi) is 3.02. The molecular weight excluding hydrogens is 238 g/mol. The van der Waals surface area contributed by atoms with E-state index in [1.54, 1.807) is 18.3 Å². The normalized spacial score (nSPS) is 11.6. The van der Waals surface area contributed by atoms with Gasteiger partial charge in [-0.1, -0.05) is 12.1 Å². The van der Waals surface area contributed by atoms with E-state index in [1.807, 2.05) is 19.1 Å². The molecule has 0 fully saturated rings. The number of aromatic nitrogens is 1. The molecule has 90 valence electrons. The quantitative estimate of drug-likeness (QED) is 0.785. The first-order chi connectivity index (χ1) is 8.02. The molecule has 0 saturated carbocycles. The Bertz CT molecular complexity index is 650. The predicted octanol–water partition coefficient (Wildman–Crippen LogP) is 2.27. The Balaban J connectivity index is 2.55. The first kappa shape index (κ1) is 11.9. The molecule has 5 heteroatoms. The van der Waals surface area contributed by atoms with E-state index in [0.717, 1.165) is 10.9 Å². The second-order valence-electron chi connectivity index (χ2n) is 3.77. The van der Waals surface area contributed by atoms with E-state index in [2.05, 4.69) is 4.98 Å². The molecule has 0 aliphatic heterocycles. The largest absolute Gasteiger partial charge is 0.380 e. The Morgan fingerprint density at radius 3 is 2.82 bits per heavy atom. The van der Waals surface area contributed by atoms with Crippen LogP contribution in [0.4, 0.5) is 0 Å². The van der Waals surface area contributed by atoms with Gasteiger partial charge in [0.1, 0.15) is 5.52 Å².